The third kappa shape index (κ3) is 4.06. The lowest BCUT2D eigenvalue weighted by atomic mass is 10.3. The van der Waals surface area contributed by atoms with Gasteiger partial charge in [0.25, 0.3) is 0 Å². The number of thiophene rings is 1. The summed E-state index contributed by atoms with van der Waals surface area (Å²) in [6.07, 6.45) is 0. The number of urea groups is 1. The molecule has 3 aromatic rings. The second-order valence-corrected chi connectivity index (χ2v) is 8.45. The van der Waals surface area contributed by atoms with Crippen molar-refractivity contribution in [2.75, 3.05) is 36.3 Å². The second kappa shape index (κ2) is 7.61. The SMILES string of the molecule is O=C(Nc1nc2ccc(NSc3cccs3)cc2s1)N1CCOCC1. The van der Waals surface area contributed by atoms with Crippen LogP contribution < -0.4 is 10.0 Å². The van der Waals surface area contributed by atoms with Gasteiger partial charge in [0.15, 0.2) is 5.13 Å². The number of carbonyl (C=O) groups is 1. The fraction of sp³-hybridized carbons (Fsp3) is 0.250. The van der Waals surface area contributed by atoms with E-state index in [1.54, 1.807) is 28.2 Å². The summed E-state index contributed by atoms with van der Waals surface area (Å²) in [5, 5.41) is 5.57. The molecule has 2 aromatic heterocycles. The highest BCUT2D eigenvalue weighted by Crippen LogP contribution is 2.31. The smallest absolute Gasteiger partial charge is 0.323 e. The topological polar surface area (TPSA) is 66.5 Å². The Bertz CT molecular complexity index is 860. The summed E-state index contributed by atoms with van der Waals surface area (Å²) in [4.78, 5) is 18.5. The average Bonchev–Trinajstić information content (AvgIpc) is 3.29. The molecule has 0 bridgehead atoms. The van der Waals surface area contributed by atoms with Crippen LogP contribution in [0, 0.1) is 0 Å². The fourth-order valence-electron chi connectivity index (χ4n) is 2.41. The number of nitrogens with zero attached hydrogens (tertiary/aromatic N) is 2. The predicted molar refractivity (Wildman–Crippen MR) is 105 cm³/mol. The van der Waals surface area contributed by atoms with Gasteiger partial charge in [-0.3, -0.25) is 5.32 Å². The quantitative estimate of drug-likeness (QED) is 0.647. The number of rotatable bonds is 4. The molecule has 2 amide bonds. The van der Waals surface area contributed by atoms with E-state index in [0.29, 0.717) is 31.4 Å². The Kier molecular flexibility index (Phi) is 5.07. The fourth-order valence-corrected chi connectivity index (χ4v) is 4.73. The number of fused-ring (bicyclic) bond motifs is 1. The van der Waals surface area contributed by atoms with Crippen LogP contribution in [-0.4, -0.2) is 42.2 Å². The number of aromatic nitrogens is 1. The molecule has 0 atom stereocenters. The summed E-state index contributed by atoms with van der Waals surface area (Å²) >= 11 is 4.77. The van der Waals surface area contributed by atoms with Gasteiger partial charge in [-0.2, -0.15) is 0 Å². The van der Waals surface area contributed by atoms with Crippen LogP contribution in [0.1, 0.15) is 0 Å². The molecule has 2 N–H and O–H groups in total. The van der Waals surface area contributed by atoms with Gasteiger partial charge in [0.05, 0.1) is 27.6 Å². The lowest BCUT2D eigenvalue weighted by molar-refractivity contribution is 0.0564. The number of amides is 2. The summed E-state index contributed by atoms with van der Waals surface area (Å²) in [6.45, 7) is 2.41. The summed E-state index contributed by atoms with van der Waals surface area (Å²) < 4.78 is 10.9. The Labute approximate surface area is 157 Å². The van der Waals surface area contributed by atoms with Crippen molar-refractivity contribution in [2.45, 2.75) is 4.21 Å². The zero-order valence-electron chi connectivity index (χ0n) is 13.2. The summed E-state index contributed by atoms with van der Waals surface area (Å²) in [5.74, 6) is 0. The molecule has 0 saturated carbocycles. The van der Waals surface area contributed by atoms with E-state index in [1.165, 1.54) is 15.5 Å². The molecule has 0 radical (unpaired) electrons. The van der Waals surface area contributed by atoms with Gasteiger partial charge in [-0.15, -0.1) is 11.3 Å². The van der Waals surface area contributed by atoms with Crippen molar-refractivity contribution in [1.29, 1.82) is 0 Å². The molecule has 0 spiro atoms. The zero-order chi connectivity index (χ0) is 17.1. The summed E-state index contributed by atoms with van der Waals surface area (Å²) in [6, 6.07) is 10.0. The van der Waals surface area contributed by atoms with E-state index in [1.807, 2.05) is 18.2 Å². The Morgan fingerprint density at radius 2 is 2.16 bits per heavy atom. The maximum Gasteiger partial charge on any atom is 0.323 e. The average molecular weight is 393 g/mol. The molecule has 0 unspecified atom stereocenters. The van der Waals surface area contributed by atoms with E-state index in [2.05, 4.69) is 32.5 Å². The van der Waals surface area contributed by atoms with Gasteiger partial charge in [-0.05, 0) is 41.6 Å². The molecule has 1 aromatic carbocycles. The maximum atomic E-state index is 12.3. The lowest BCUT2D eigenvalue weighted by Gasteiger charge is -2.26. The number of morpholine rings is 1. The minimum atomic E-state index is -0.117. The van der Waals surface area contributed by atoms with Crippen molar-refractivity contribution in [3.63, 3.8) is 0 Å². The first-order valence-corrected chi connectivity index (χ1v) is 10.3. The zero-order valence-corrected chi connectivity index (χ0v) is 15.7. The maximum absolute atomic E-state index is 12.3. The van der Waals surface area contributed by atoms with Crippen LogP contribution in [0.3, 0.4) is 0 Å². The largest absolute Gasteiger partial charge is 0.378 e. The van der Waals surface area contributed by atoms with Crippen LogP contribution in [0.5, 0.6) is 0 Å². The Morgan fingerprint density at radius 3 is 2.96 bits per heavy atom. The van der Waals surface area contributed by atoms with Crippen LogP contribution in [0.4, 0.5) is 15.6 Å². The Balaban J connectivity index is 1.43. The number of anilines is 2. The van der Waals surface area contributed by atoms with Gasteiger partial charge in [0.2, 0.25) is 0 Å². The molecule has 1 aliphatic rings. The van der Waals surface area contributed by atoms with Crippen molar-refractivity contribution in [3.05, 3.63) is 35.7 Å². The van der Waals surface area contributed by atoms with E-state index in [0.717, 1.165) is 15.9 Å². The van der Waals surface area contributed by atoms with Crippen LogP contribution in [0.2, 0.25) is 0 Å². The van der Waals surface area contributed by atoms with E-state index < -0.39 is 0 Å². The first-order valence-electron chi connectivity index (χ1n) is 7.78. The van der Waals surface area contributed by atoms with E-state index >= 15 is 0 Å². The van der Waals surface area contributed by atoms with Gasteiger partial charge in [-0.25, -0.2) is 9.78 Å². The molecular weight excluding hydrogens is 376 g/mol. The number of hydrogen-bond acceptors (Lipinski definition) is 7. The Hall–Kier alpha value is -1.81. The van der Waals surface area contributed by atoms with Crippen molar-refractivity contribution >= 4 is 61.7 Å². The molecule has 9 heteroatoms. The van der Waals surface area contributed by atoms with E-state index in [-0.39, 0.29) is 6.03 Å². The number of ether oxygens (including phenoxy) is 1. The molecular formula is C16H16N4O2S3. The minimum absolute atomic E-state index is 0.117. The third-order valence-electron chi connectivity index (χ3n) is 3.67. The van der Waals surface area contributed by atoms with Crippen molar-refractivity contribution in [2.24, 2.45) is 0 Å². The first-order chi connectivity index (χ1) is 12.3. The van der Waals surface area contributed by atoms with Gasteiger partial charge < -0.3 is 14.4 Å². The predicted octanol–water partition coefficient (Wildman–Crippen LogP) is 4.34. The van der Waals surface area contributed by atoms with Crippen molar-refractivity contribution in [3.8, 4) is 0 Å². The van der Waals surface area contributed by atoms with Gasteiger partial charge >= 0.3 is 6.03 Å². The number of benzene rings is 1. The van der Waals surface area contributed by atoms with Crippen LogP contribution in [-0.2, 0) is 4.74 Å². The molecule has 4 rings (SSSR count). The van der Waals surface area contributed by atoms with E-state index in [9.17, 15) is 4.79 Å². The lowest BCUT2D eigenvalue weighted by Crippen LogP contribution is -2.43. The second-order valence-electron chi connectivity index (χ2n) is 5.37. The van der Waals surface area contributed by atoms with Crippen LogP contribution in [0.15, 0.2) is 39.9 Å². The number of nitrogens with one attached hydrogen (secondary N) is 2. The highest BCUT2D eigenvalue weighted by molar-refractivity contribution is 8.02. The summed E-state index contributed by atoms with van der Waals surface area (Å²) in [5.41, 5.74) is 1.90. The van der Waals surface area contributed by atoms with Crippen molar-refractivity contribution < 1.29 is 9.53 Å². The molecule has 0 aliphatic carbocycles. The minimum Gasteiger partial charge on any atom is -0.378 e. The molecule has 1 fully saturated rings. The monoisotopic (exact) mass is 392 g/mol. The molecule has 1 aliphatic heterocycles. The van der Waals surface area contributed by atoms with Gasteiger partial charge in [0, 0.05) is 18.8 Å². The van der Waals surface area contributed by atoms with Crippen LogP contribution in [0.25, 0.3) is 10.2 Å². The molecule has 1 saturated heterocycles. The molecule has 130 valence electrons. The van der Waals surface area contributed by atoms with Crippen LogP contribution >= 0.6 is 34.6 Å². The molecule has 6 nitrogen and oxygen atoms in total. The van der Waals surface area contributed by atoms with Gasteiger partial charge in [-0.1, -0.05) is 17.4 Å². The molecule has 3 heterocycles. The van der Waals surface area contributed by atoms with E-state index in [4.69, 9.17) is 4.74 Å². The standard InChI is InChI=1S/C16H16N4O2S3/c21-16(20-5-7-22-8-6-20)18-15-17-12-4-3-11(10-13(12)24-15)19-25-14-2-1-9-23-14/h1-4,9-10,19H,5-8H2,(H,17,18,21). The third-order valence-corrected chi connectivity index (χ3v) is 6.47. The number of thiazole rings is 1. The number of hydrogen-bond donors (Lipinski definition) is 2. The number of carbonyl (C=O) groups excluding carboxylic acids is 1. The summed E-state index contributed by atoms with van der Waals surface area (Å²) in [7, 11) is 0. The first kappa shape index (κ1) is 16.6. The van der Waals surface area contributed by atoms with Gasteiger partial charge in [0.1, 0.15) is 0 Å². The Morgan fingerprint density at radius 1 is 1.28 bits per heavy atom. The molecule has 25 heavy (non-hydrogen) atoms. The highest BCUT2D eigenvalue weighted by atomic mass is 32.2. The van der Waals surface area contributed by atoms with Crippen molar-refractivity contribution in [1.82, 2.24) is 9.88 Å². The normalized spacial score (nSPS) is 14.6. The highest BCUT2D eigenvalue weighted by Gasteiger charge is 2.18.